The third kappa shape index (κ3) is 2.54. The van der Waals surface area contributed by atoms with Crippen LogP contribution in [-0.2, 0) is 0 Å². The van der Waals surface area contributed by atoms with Crippen LogP contribution in [0.1, 0.15) is 12.7 Å². The predicted molar refractivity (Wildman–Crippen MR) is 74.1 cm³/mol. The molecule has 0 aliphatic rings. The van der Waals surface area contributed by atoms with Gasteiger partial charge in [0, 0.05) is 6.07 Å². The van der Waals surface area contributed by atoms with Crippen molar-refractivity contribution in [1.82, 2.24) is 19.9 Å². The van der Waals surface area contributed by atoms with E-state index >= 15 is 0 Å². The zero-order chi connectivity index (χ0) is 13.9. The Bertz CT molecular complexity index is 739. The molecule has 0 fully saturated rings. The molecule has 1 aromatic carbocycles. The van der Waals surface area contributed by atoms with Gasteiger partial charge in [0.05, 0.1) is 12.8 Å². The van der Waals surface area contributed by atoms with Crippen LogP contribution >= 0.6 is 0 Å². The van der Waals surface area contributed by atoms with Gasteiger partial charge >= 0.3 is 6.01 Å². The summed E-state index contributed by atoms with van der Waals surface area (Å²) >= 11 is 0. The number of H-pyrrole nitrogens is 1. The third-order valence-corrected chi connectivity index (χ3v) is 2.66. The normalized spacial score (nSPS) is 10.7. The molecule has 102 valence electrons. The van der Waals surface area contributed by atoms with Crippen LogP contribution in [0.3, 0.4) is 0 Å². The summed E-state index contributed by atoms with van der Waals surface area (Å²) < 4.78 is 11.0. The number of aryl methyl sites for hydroxylation is 1. The second-order valence-electron chi connectivity index (χ2n) is 4.22. The van der Waals surface area contributed by atoms with Gasteiger partial charge in [0.2, 0.25) is 0 Å². The molecule has 0 saturated carbocycles. The first-order valence-corrected chi connectivity index (χ1v) is 6.34. The van der Waals surface area contributed by atoms with Crippen molar-refractivity contribution >= 4 is 11.2 Å². The molecule has 2 aromatic heterocycles. The Balaban J connectivity index is 1.86. The van der Waals surface area contributed by atoms with E-state index in [1.165, 1.54) is 0 Å². The Kier molecular flexibility index (Phi) is 3.20. The van der Waals surface area contributed by atoms with Crippen molar-refractivity contribution < 1.29 is 9.47 Å². The fourth-order valence-corrected chi connectivity index (χ4v) is 1.86. The number of benzene rings is 1. The first-order valence-electron chi connectivity index (χ1n) is 6.34. The predicted octanol–water partition coefficient (Wildman–Crippen LogP) is 2.85. The second-order valence-corrected chi connectivity index (χ2v) is 4.22. The Morgan fingerprint density at radius 3 is 2.90 bits per heavy atom. The summed E-state index contributed by atoms with van der Waals surface area (Å²) in [6, 6.07) is 7.62. The van der Waals surface area contributed by atoms with Crippen molar-refractivity contribution in [1.29, 1.82) is 0 Å². The molecule has 0 aliphatic carbocycles. The summed E-state index contributed by atoms with van der Waals surface area (Å²) in [7, 11) is 0. The van der Waals surface area contributed by atoms with Crippen LogP contribution < -0.4 is 9.47 Å². The van der Waals surface area contributed by atoms with Crippen LogP contribution in [0.2, 0.25) is 0 Å². The van der Waals surface area contributed by atoms with Crippen molar-refractivity contribution in [2.24, 2.45) is 0 Å². The van der Waals surface area contributed by atoms with Crippen LogP contribution in [0.4, 0.5) is 0 Å². The maximum atomic E-state index is 5.63. The average Bonchev–Trinajstić information content (AvgIpc) is 2.79. The summed E-state index contributed by atoms with van der Waals surface area (Å²) in [4.78, 5) is 15.7. The van der Waals surface area contributed by atoms with Gasteiger partial charge in [0.1, 0.15) is 22.8 Å². The smallest absolute Gasteiger partial charge is 0.324 e. The molecule has 1 N–H and O–H groups in total. The van der Waals surface area contributed by atoms with Crippen LogP contribution in [0, 0.1) is 6.92 Å². The summed E-state index contributed by atoms with van der Waals surface area (Å²) in [5.74, 6) is 2.18. The first-order chi connectivity index (χ1) is 9.74. The van der Waals surface area contributed by atoms with Crippen molar-refractivity contribution in [2.75, 3.05) is 6.61 Å². The molecule has 20 heavy (non-hydrogen) atoms. The highest BCUT2D eigenvalue weighted by atomic mass is 16.5. The van der Waals surface area contributed by atoms with Crippen LogP contribution in [0.15, 0.2) is 30.5 Å². The van der Waals surface area contributed by atoms with Gasteiger partial charge in [-0.3, -0.25) is 0 Å². The number of imidazole rings is 1. The topological polar surface area (TPSA) is 72.9 Å². The lowest BCUT2D eigenvalue weighted by molar-refractivity contribution is 0.337. The van der Waals surface area contributed by atoms with E-state index in [2.05, 4.69) is 19.9 Å². The summed E-state index contributed by atoms with van der Waals surface area (Å²) in [5.41, 5.74) is 1.38. The number of rotatable bonds is 4. The Hall–Kier alpha value is -2.63. The molecule has 0 saturated heterocycles. The van der Waals surface area contributed by atoms with Gasteiger partial charge in [-0.05, 0) is 26.0 Å². The van der Waals surface area contributed by atoms with Gasteiger partial charge in [-0.2, -0.15) is 4.98 Å². The van der Waals surface area contributed by atoms with Gasteiger partial charge in [-0.25, -0.2) is 9.97 Å². The summed E-state index contributed by atoms with van der Waals surface area (Å²) in [6.07, 6.45) is 1.66. The lowest BCUT2D eigenvalue weighted by atomic mass is 10.3. The van der Waals surface area contributed by atoms with Gasteiger partial charge in [-0.1, -0.05) is 6.07 Å². The molecule has 2 heterocycles. The molecule has 0 amide bonds. The lowest BCUT2D eigenvalue weighted by Gasteiger charge is -2.06. The number of aromatic nitrogens is 4. The summed E-state index contributed by atoms with van der Waals surface area (Å²) in [6.45, 7) is 4.41. The van der Waals surface area contributed by atoms with Gasteiger partial charge in [0.25, 0.3) is 0 Å². The van der Waals surface area contributed by atoms with E-state index in [1.54, 1.807) is 12.3 Å². The van der Waals surface area contributed by atoms with Crippen LogP contribution in [0.25, 0.3) is 11.2 Å². The van der Waals surface area contributed by atoms with E-state index in [1.807, 2.05) is 32.0 Å². The van der Waals surface area contributed by atoms with Gasteiger partial charge in [-0.15, -0.1) is 0 Å². The first kappa shape index (κ1) is 12.4. The third-order valence-electron chi connectivity index (χ3n) is 2.66. The number of hydrogen-bond donors (Lipinski definition) is 1. The Morgan fingerprint density at radius 1 is 1.20 bits per heavy atom. The molecule has 6 nitrogen and oxygen atoms in total. The van der Waals surface area contributed by atoms with Crippen LogP contribution in [0.5, 0.6) is 17.5 Å². The number of fused-ring (bicyclic) bond motifs is 1. The van der Waals surface area contributed by atoms with Crippen molar-refractivity contribution in [3.8, 4) is 17.5 Å². The summed E-state index contributed by atoms with van der Waals surface area (Å²) in [5, 5.41) is 0. The largest absolute Gasteiger partial charge is 0.494 e. The minimum Gasteiger partial charge on any atom is -0.494 e. The minimum absolute atomic E-state index is 0.262. The van der Waals surface area contributed by atoms with Gasteiger partial charge < -0.3 is 14.5 Å². The maximum absolute atomic E-state index is 5.63. The van der Waals surface area contributed by atoms with Crippen molar-refractivity contribution in [3.63, 3.8) is 0 Å². The fourth-order valence-electron chi connectivity index (χ4n) is 1.86. The van der Waals surface area contributed by atoms with E-state index in [0.717, 1.165) is 17.1 Å². The number of nitrogens with zero attached hydrogens (tertiary/aromatic N) is 3. The average molecular weight is 270 g/mol. The number of ether oxygens (including phenoxy) is 2. The van der Waals surface area contributed by atoms with Crippen LogP contribution in [-0.4, -0.2) is 26.5 Å². The monoisotopic (exact) mass is 270 g/mol. The van der Waals surface area contributed by atoms with E-state index in [9.17, 15) is 0 Å². The minimum atomic E-state index is 0.262. The van der Waals surface area contributed by atoms with Crippen molar-refractivity contribution in [3.05, 3.63) is 36.3 Å². The van der Waals surface area contributed by atoms with E-state index in [4.69, 9.17) is 9.47 Å². The Morgan fingerprint density at radius 2 is 2.05 bits per heavy atom. The molecule has 0 bridgehead atoms. The number of aromatic amines is 1. The number of hydrogen-bond acceptors (Lipinski definition) is 5. The molecule has 0 aliphatic heterocycles. The fraction of sp³-hybridized carbons (Fsp3) is 0.214. The molecule has 3 aromatic rings. The SMILES string of the molecule is CCOc1cccc(Oc2ncc3[nH]c(C)nc3n2)c1. The van der Waals surface area contributed by atoms with Gasteiger partial charge in [0.15, 0.2) is 5.65 Å². The standard InChI is InChI=1S/C14H14N4O2/c1-3-19-10-5-4-6-11(7-10)20-14-15-8-12-13(18-14)17-9(2)16-12/h4-8H,3H2,1-2H3,(H,15,16,17,18). The number of nitrogens with one attached hydrogen (secondary N) is 1. The molecular formula is C14H14N4O2. The highest BCUT2D eigenvalue weighted by molar-refractivity contribution is 5.69. The van der Waals surface area contributed by atoms with Crippen molar-refractivity contribution in [2.45, 2.75) is 13.8 Å². The molecule has 3 rings (SSSR count). The highest BCUT2D eigenvalue weighted by Crippen LogP contribution is 2.23. The quantitative estimate of drug-likeness (QED) is 0.789. The highest BCUT2D eigenvalue weighted by Gasteiger charge is 2.06. The molecule has 0 radical (unpaired) electrons. The second kappa shape index (κ2) is 5.16. The molecule has 0 spiro atoms. The van der Waals surface area contributed by atoms with E-state index in [-0.39, 0.29) is 6.01 Å². The molecule has 6 heteroatoms. The molecular weight excluding hydrogens is 256 g/mol. The Labute approximate surface area is 115 Å². The zero-order valence-corrected chi connectivity index (χ0v) is 11.3. The van der Waals surface area contributed by atoms with E-state index < -0.39 is 0 Å². The molecule has 0 atom stereocenters. The maximum Gasteiger partial charge on any atom is 0.324 e. The van der Waals surface area contributed by atoms with E-state index in [0.29, 0.717) is 18.0 Å². The zero-order valence-electron chi connectivity index (χ0n) is 11.3. The molecule has 0 unspecified atom stereocenters. The lowest BCUT2D eigenvalue weighted by Crippen LogP contribution is -1.94.